The molecular formula is C23H33N3O4S. The van der Waals surface area contributed by atoms with Gasteiger partial charge in [-0.15, -0.1) is 0 Å². The molecule has 2 aromatic rings. The van der Waals surface area contributed by atoms with Crippen molar-refractivity contribution < 1.29 is 19.4 Å². The second kappa shape index (κ2) is 8.96. The molecule has 0 spiro atoms. The number of nitrogen functional groups attached to an aromatic ring is 1. The maximum absolute atomic E-state index is 13.5. The molecule has 170 valence electrons. The van der Waals surface area contributed by atoms with E-state index in [0.717, 1.165) is 11.3 Å². The predicted octanol–water partition coefficient (Wildman–Crippen LogP) is 3.98. The monoisotopic (exact) mass is 447 g/mol. The molecule has 31 heavy (non-hydrogen) atoms. The molecule has 0 radical (unpaired) electrons. The number of thiazole rings is 1. The fourth-order valence-electron chi connectivity index (χ4n) is 3.06. The van der Waals surface area contributed by atoms with Crippen LogP contribution in [0.15, 0.2) is 12.1 Å². The third kappa shape index (κ3) is 5.83. The van der Waals surface area contributed by atoms with E-state index in [0.29, 0.717) is 23.2 Å². The van der Waals surface area contributed by atoms with Crippen molar-refractivity contribution in [2.24, 2.45) is 0 Å². The fourth-order valence-corrected chi connectivity index (χ4v) is 3.84. The Kier molecular flexibility index (Phi) is 7.17. The Bertz CT molecular complexity index is 947. The molecule has 0 atom stereocenters. The van der Waals surface area contributed by atoms with Gasteiger partial charge in [-0.1, -0.05) is 52.9 Å². The quantitative estimate of drug-likeness (QED) is 0.510. The molecule has 3 N–H and O–H groups in total. The van der Waals surface area contributed by atoms with Gasteiger partial charge in [-0.05, 0) is 37.1 Å². The molecule has 1 aromatic heterocycles. The summed E-state index contributed by atoms with van der Waals surface area (Å²) in [5, 5.41) is 11.0. The van der Waals surface area contributed by atoms with Gasteiger partial charge < -0.3 is 20.5 Å². The summed E-state index contributed by atoms with van der Waals surface area (Å²) in [6.07, 6.45) is 0. The summed E-state index contributed by atoms with van der Waals surface area (Å²) in [7, 11) is 3.74. The first kappa shape index (κ1) is 24.8. The normalized spacial score (nSPS) is 12.3. The molecule has 2 rings (SSSR count). The minimum atomic E-state index is -0.677. The van der Waals surface area contributed by atoms with Gasteiger partial charge in [0.1, 0.15) is 17.2 Å². The average Bonchev–Trinajstić information content (AvgIpc) is 3.00. The summed E-state index contributed by atoms with van der Waals surface area (Å²) in [5.74, 6) is -0.863. The molecule has 0 saturated heterocycles. The van der Waals surface area contributed by atoms with Crippen molar-refractivity contribution in [2.45, 2.75) is 52.4 Å². The van der Waals surface area contributed by atoms with Gasteiger partial charge in [-0.2, -0.15) is 0 Å². The zero-order valence-corrected chi connectivity index (χ0v) is 20.4. The Balaban J connectivity index is 2.54. The smallest absolute Gasteiger partial charge is 0.358 e. The van der Waals surface area contributed by atoms with Gasteiger partial charge in [0.15, 0.2) is 10.8 Å². The summed E-state index contributed by atoms with van der Waals surface area (Å²) in [5.41, 5.74) is 6.68. The van der Waals surface area contributed by atoms with Gasteiger partial charge in [0.2, 0.25) is 5.78 Å². The first-order valence-electron chi connectivity index (χ1n) is 10.1. The number of hydrogen-bond acceptors (Lipinski definition) is 8. The summed E-state index contributed by atoms with van der Waals surface area (Å²) < 4.78 is 5.27. The van der Waals surface area contributed by atoms with Gasteiger partial charge in [0, 0.05) is 23.2 Å². The van der Waals surface area contributed by atoms with Crippen molar-refractivity contribution in [3.8, 4) is 5.75 Å². The Hall–Kier alpha value is -2.45. The molecule has 7 nitrogen and oxygen atoms in total. The fraction of sp³-hybridized carbons (Fsp3) is 0.522. The van der Waals surface area contributed by atoms with Crippen LogP contribution in [0.3, 0.4) is 0 Å². The lowest BCUT2D eigenvalue weighted by molar-refractivity contribution is 0.0473. The predicted molar refractivity (Wildman–Crippen MR) is 124 cm³/mol. The first-order valence-corrected chi connectivity index (χ1v) is 11.0. The van der Waals surface area contributed by atoms with Crippen LogP contribution in [0.2, 0.25) is 0 Å². The van der Waals surface area contributed by atoms with Gasteiger partial charge in [0.05, 0.1) is 0 Å². The van der Waals surface area contributed by atoms with E-state index in [1.54, 1.807) is 12.1 Å². The second-order valence-corrected chi connectivity index (χ2v) is 10.9. The lowest BCUT2D eigenvalue weighted by Gasteiger charge is -2.28. The molecule has 0 aliphatic rings. The molecule has 1 heterocycles. The van der Waals surface area contributed by atoms with Crippen LogP contribution in [0.5, 0.6) is 5.75 Å². The van der Waals surface area contributed by atoms with Crippen molar-refractivity contribution in [1.29, 1.82) is 0 Å². The maximum atomic E-state index is 13.5. The highest BCUT2D eigenvalue weighted by Crippen LogP contribution is 2.40. The summed E-state index contributed by atoms with van der Waals surface area (Å²) >= 11 is 0.960. The highest BCUT2D eigenvalue weighted by atomic mass is 32.1. The van der Waals surface area contributed by atoms with Crippen molar-refractivity contribution in [3.63, 3.8) is 0 Å². The number of ether oxygens (including phenoxy) is 1. The van der Waals surface area contributed by atoms with Crippen LogP contribution >= 0.6 is 11.3 Å². The third-order valence-corrected chi connectivity index (χ3v) is 5.69. The van der Waals surface area contributed by atoms with Crippen molar-refractivity contribution >= 4 is 28.2 Å². The SMILES string of the molecule is CN(C)CCOC(=O)c1nc(N)sc1C(=O)c1cc(C(C)(C)C)c(O)c(C(C)(C)C)c1. The van der Waals surface area contributed by atoms with Crippen LogP contribution in [-0.4, -0.2) is 54.0 Å². The highest BCUT2D eigenvalue weighted by Gasteiger charge is 2.30. The Morgan fingerprint density at radius 2 is 1.61 bits per heavy atom. The van der Waals surface area contributed by atoms with Crippen LogP contribution in [-0.2, 0) is 15.6 Å². The van der Waals surface area contributed by atoms with Gasteiger partial charge in [0.25, 0.3) is 0 Å². The number of nitrogens with two attached hydrogens (primary N) is 1. The lowest BCUT2D eigenvalue weighted by Crippen LogP contribution is -2.21. The topological polar surface area (TPSA) is 106 Å². The average molecular weight is 448 g/mol. The number of hydrogen-bond donors (Lipinski definition) is 2. The molecule has 0 amide bonds. The van der Waals surface area contributed by atoms with Crippen LogP contribution in [0.1, 0.15) is 78.4 Å². The number of esters is 1. The number of ketones is 1. The Morgan fingerprint density at radius 1 is 1.10 bits per heavy atom. The number of carbonyl (C=O) groups excluding carboxylic acids is 2. The number of nitrogens with zero attached hydrogens (tertiary/aromatic N) is 2. The number of phenols is 1. The molecule has 0 saturated carbocycles. The van der Waals surface area contributed by atoms with E-state index < -0.39 is 5.97 Å². The lowest BCUT2D eigenvalue weighted by atomic mass is 9.78. The highest BCUT2D eigenvalue weighted by molar-refractivity contribution is 7.17. The van der Waals surface area contributed by atoms with Gasteiger partial charge in [-0.25, -0.2) is 9.78 Å². The molecule has 1 aromatic carbocycles. The minimum absolute atomic E-state index is 0.0750. The van der Waals surface area contributed by atoms with Crippen LogP contribution in [0, 0.1) is 0 Å². The van der Waals surface area contributed by atoms with E-state index in [1.165, 1.54) is 0 Å². The van der Waals surface area contributed by atoms with E-state index in [9.17, 15) is 14.7 Å². The molecule has 0 aliphatic carbocycles. The van der Waals surface area contributed by atoms with E-state index in [2.05, 4.69) is 4.98 Å². The molecule has 0 unspecified atom stereocenters. The Labute approximate surface area is 188 Å². The zero-order valence-electron chi connectivity index (χ0n) is 19.6. The number of aromatic nitrogens is 1. The van der Waals surface area contributed by atoms with Crippen molar-refractivity contribution in [1.82, 2.24) is 9.88 Å². The van der Waals surface area contributed by atoms with Crippen LogP contribution in [0.25, 0.3) is 0 Å². The van der Waals surface area contributed by atoms with E-state index in [4.69, 9.17) is 10.5 Å². The Morgan fingerprint density at radius 3 is 2.06 bits per heavy atom. The summed E-state index contributed by atoms with van der Waals surface area (Å²) in [4.78, 5) is 32.1. The first-order chi connectivity index (χ1) is 14.1. The molecular weight excluding hydrogens is 414 g/mol. The molecule has 8 heteroatoms. The summed E-state index contributed by atoms with van der Waals surface area (Å²) in [6.45, 7) is 12.6. The van der Waals surface area contributed by atoms with Gasteiger partial charge >= 0.3 is 5.97 Å². The number of phenolic OH excluding ortho intramolecular Hbond substituents is 1. The maximum Gasteiger partial charge on any atom is 0.358 e. The molecule has 0 bridgehead atoms. The van der Waals surface area contributed by atoms with Crippen molar-refractivity contribution in [2.75, 3.05) is 33.0 Å². The van der Waals surface area contributed by atoms with Crippen molar-refractivity contribution in [3.05, 3.63) is 39.4 Å². The number of carbonyl (C=O) groups is 2. The standard InChI is InChI=1S/C23H33N3O4S/c1-22(2,3)14-11-13(12-15(18(14)28)23(4,5)6)17(27)19-16(25-21(24)31-19)20(29)30-10-9-26(7)8/h11-12,28H,9-10H2,1-8H3,(H2,24,25). The molecule has 0 aliphatic heterocycles. The van der Waals surface area contributed by atoms with Gasteiger partial charge in [-0.3, -0.25) is 4.79 Å². The van der Waals surface area contributed by atoms with E-state index >= 15 is 0 Å². The number of benzene rings is 1. The second-order valence-electron chi connectivity index (χ2n) is 9.92. The zero-order chi connectivity index (χ0) is 23.7. The number of likely N-dealkylation sites (N-methyl/N-ethyl adjacent to an activating group) is 1. The largest absolute Gasteiger partial charge is 0.507 e. The summed E-state index contributed by atoms with van der Waals surface area (Å²) in [6, 6.07) is 3.37. The minimum Gasteiger partial charge on any atom is -0.507 e. The number of anilines is 1. The van der Waals surface area contributed by atoms with E-state index in [1.807, 2.05) is 60.5 Å². The number of aromatic hydroxyl groups is 1. The third-order valence-electron chi connectivity index (χ3n) is 4.80. The molecule has 0 fully saturated rings. The number of rotatable bonds is 6. The van der Waals surface area contributed by atoms with Crippen LogP contribution in [0.4, 0.5) is 5.13 Å². The van der Waals surface area contributed by atoms with Crippen LogP contribution < -0.4 is 5.73 Å². The van der Waals surface area contributed by atoms with E-state index in [-0.39, 0.29) is 44.7 Å².